The van der Waals surface area contributed by atoms with Crippen molar-refractivity contribution in [2.24, 2.45) is 5.92 Å². The molecule has 8 nitrogen and oxygen atoms in total. The van der Waals surface area contributed by atoms with Gasteiger partial charge in [-0.3, -0.25) is 0 Å². The van der Waals surface area contributed by atoms with Crippen LogP contribution in [-0.2, 0) is 26.6 Å². The van der Waals surface area contributed by atoms with Gasteiger partial charge in [-0.15, -0.1) is 0 Å². The highest BCUT2D eigenvalue weighted by molar-refractivity contribution is 7.90. The molecule has 0 unspecified atom stereocenters. The molecule has 0 N–H and O–H groups in total. The maximum Gasteiger partial charge on any atom is 0.175 e. The highest BCUT2D eigenvalue weighted by Crippen LogP contribution is 2.32. The van der Waals surface area contributed by atoms with Crippen LogP contribution in [0.2, 0.25) is 0 Å². The lowest BCUT2D eigenvalue weighted by atomic mass is 9.96. The molecule has 0 radical (unpaired) electrons. The molecule has 1 aliphatic rings. The van der Waals surface area contributed by atoms with Gasteiger partial charge in [0, 0.05) is 31.2 Å². The van der Waals surface area contributed by atoms with Crippen LogP contribution in [0.5, 0.6) is 0 Å². The Balaban J connectivity index is 1.79. The molecule has 1 aromatic carbocycles. The number of sulfone groups is 1. The number of anilines is 1. The van der Waals surface area contributed by atoms with Crippen molar-refractivity contribution >= 4 is 32.6 Å². The van der Waals surface area contributed by atoms with Crippen molar-refractivity contribution in [3.05, 3.63) is 42.0 Å². The SMILES string of the molecule is CC(=O)C[C@H]1CCN(c2nc(C(C)(C)C)nc3c2ncn3Cc2ccccc2S(C)(=O)=O)C1. The van der Waals surface area contributed by atoms with E-state index in [0.717, 1.165) is 25.3 Å². The minimum Gasteiger partial charge on any atom is -0.354 e. The molecule has 1 saturated heterocycles. The highest BCUT2D eigenvalue weighted by atomic mass is 32.2. The standard InChI is InChI=1S/C24H31N5O3S/c1-16(30)12-17-10-11-28(13-17)21-20-22(27-23(26-21)24(2,3)4)29(15-25-20)14-18-8-6-7-9-19(18)33(5,31)32/h6-9,15,17H,10-14H2,1-5H3/t17-/m1/s1. The van der Waals surface area contributed by atoms with Gasteiger partial charge in [0.05, 0.1) is 17.8 Å². The van der Waals surface area contributed by atoms with Crippen LogP contribution < -0.4 is 4.90 Å². The summed E-state index contributed by atoms with van der Waals surface area (Å²) in [7, 11) is -3.36. The number of fused-ring (bicyclic) bond motifs is 1. The molecule has 176 valence electrons. The summed E-state index contributed by atoms with van der Waals surface area (Å²) in [6.45, 7) is 9.77. The van der Waals surface area contributed by atoms with Crippen LogP contribution in [0.25, 0.3) is 11.2 Å². The summed E-state index contributed by atoms with van der Waals surface area (Å²) < 4.78 is 26.5. The zero-order chi connectivity index (χ0) is 24.0. The summed E-state index contributed by atoms with van der Waals surface area (Å²) in [5, 5.41) is 0. The Labute approximate surface area is 195 Å². The van der Waals surface area contributed by atoms with Gasteiger partial charge in [-0.2, -0.15) is 0 Å². The van der Waals surface area contributed by atoms with E-state index >= 15 is 0 Å². The third-order valence-electron chi connectivity index (χ3n) is 5.99. The summed E-state index contributed by atoms with van der Waals surface area (Å²) >= 11 is 0. The molecule has 0 saturated carbocycles. The van der Waals surface area contributed by atoms with Gasteiger partial charge < -0.3 is 14.3 Å². The Morgan fingerprint density at radius 1 is 1.18 bits per heavy atom. The van der Waals surface area contributed by atoms with Crippen LogP contribution in [0.1, 0.15) is 51.9 Å². The second-order valence-corrected chi connectivity index (χ2v) is 12.0. The lowest BCUT2D eigenvalue weighted by Gasteiger charge is -2.22. The smallest absolute Gasteiger partial charge is 0.175 e. The maximum absolute atomic E-state index is 12.3. The van der Waals surface area contributed by atoms with E-state index in [1.54, 1.807) is 25.4 Å². The molecule has 3 aromatic rings. The monoisotopic (exact) mass is 469 g/mol. The van der Waals surface area contributed by atoms with Gasteiger partial charge in [-0.25, -0.2) is 23.4 Å². The van der Waals surface area contributed by atoms with E-state index < -0.39 is 9.84 Å². The Morgan fingerprint density at radius 2 is 1.91 bits per heavy atom. The third-order valence-corrected chi connectivity index (χ3v) is 7.19. The van der Waals surface area contributed by atoms with E-state index in [2.05, 4.69) is 30.7 Å². The second kappa shape index (κ2) is 8.52. The van der Waals surface area contributed by atoms with Crippen molar-refractivity contribution in [3.8, 4) is 0 Å². The van der Waals surface area contributed by atoms with Crippen LogP contribution in [0, 0.1) is 5.92 Å². The van der Waals surface area contributed by atoms with E-state index in [-0.39, 0.29) is 11.2 Å². The maximum atomic E-state index is 12.3. The molecule has 0 amide bonds. The summed E-state index contributed by atoms with van der Waals surface area (Å²) in [5.74, 6) is 2.01. The second-order valence-electron chi connectivity index (χ2n) is 10.1. The predicted octanol–water partition coefficient (Wildman–Crippen LogP) is 3.38. The first-order valence-corrected chi connectivity index (χ1v) is 13.1. The van der Waals surface area contributed by atoms with Crippen molar-refractivity contribution in [2.45, 2.75) is 57.4 Å². The minimum atomic E-state index is -3.36. The van der Waals surface area contributed by atoms with E-state index in [0.29, 0.717) is 46.3 Å². The predicted molar refractivity (Wildman–Crippen MR) is 128 cm³/mol. The van der Waals surface area contributed by atoms with Crippen LogP contribution in [0.3, 0.4) is 0 Å². The van der Waals surface area contributed by atoms with Crippen molar-refractivity contribution in [1.82, 2.24) is 19.5 Å². The number of Topliss-reactive ketones (excluding diaryl/α,β-unsaturated/α-hetero) is 1. The van der Waals surface area contributed by atoms with Gasteiger partial charge in [0.15, 0.2) is 26.8 Å². The Hall–Kier alpha value is -2.81. The van der Waals surface area contributed by atoms with E-state index in [4.69, 9.17) is 9.97 Å². The number of aromatic nitrogens is 4. The Morgan fingerprint density at radius 3 is 2.58 bits per heavy atom. The normalized spacial score (nSPS) is 17.1. The van der Waals surface area contributed by atoms with Crippen molar-refractivity contribution < 1.29 is 13.2 Å². The van der Waals surface area contributed by atoms with E-state index in [1.165, 1.54) is 6.26 Å². The first-order valence-electron chi connectivity index (χ1n) is 11.2. The Bertz CT molecular complexity index is 1310. The molecular formula is C24H31N5O3S. The fourth-order valence-corrected chi connectivity index (χ4v) is 5.31. The fourth-order valence-electron chi connectivity index (χ4n) is 4.38. The summed E-state index contributed by atoms with van der Waals surface area (Å²) in [6.07, 6.45) is 4.45. The number of hydrogen-bond acceptors (Lipinski definition) is 7. The number of nitrogens with zero attached hydrogens (tertiary/aromatic N) is 5. The van der Waals surface area contributed by atoms with Crippen molar-refractivity contribution in [2.75, 3.05) is 24.2 Å². The molecule has 1 atom stereocenters. The number of carbonyl (C=O) groups is 1. The molecule has 4 rings (SSSR count). The first-order chi connectivity index (χ1) is 15.4. The number of carbonyl (C=O) groups excluding carboxylic acids is 1. The molecule has 33 heavy (non-hydrogen) atoms. The Kier molecular flexibility index (Phi) is 6.03. The topological polar surface area (TPSA) is 98.1 Å². The summed E-state index contributed by atoms with van der Waals surface area (Å²) in [4.78, 5) is 28.5. The molecule has 2 aromatic heterocycles. The fraction of sp³-hybridized carbons (Fsp3) is 0.500. The van der Waals surface area contributed by atoms with E-state index in [1.807, 2.05) is 16.7 Å². The molecule has 0 bridgehead atoms. The molecule has 0 aliphatic carbocycles. The van der Waals surface area contributed by atoms with Crippen LogP contribution in [0.4, 0.5) is 5.82 Å². The van der Waals surface area contributed by atoms with Crippen LogP contribution >= 0.6 is 0 Å². The van der Waals surface area contributed by atoms with Crippen LogP contribution in [-0.4, -0.2) is 53.1 Å². The first kappa shape index (κ1) is 23.4. The van der Waals surface area contributed by atoms with Gasteiger partial charge in [0.1, 0.15) is 11.6 Å². The van der Waals surface area contributed by atoms with Crippen molar-refractivity contribution in [3.63, 3.8) is 0 Å². The van der Waals surface area contributed by atoms with E-state index in [9.17, 15) is 13.2 Å². The van der Waals surface area contributed by atoms with Gasteiger partial charge in [0.2, 0.25) is 0 Å². The average Bonchev–Trinajstić information content (AvgIpc) is 3.33. The van der Waals surface area contributed by atoms with Crippen molar-refractivity contribution in [1.29, 1.82) is 0 Å². The third kappa shape index (κ3) is 4.93. The zero-order valence-corrected chi connectivity index (χ0v) is 20.7. The minimum absolute atomic E-state index is 0.207. The zero-order valence-electron chi connectivity index (χ0n) is 19.9. The largest absolute Gasteiger partial charge is 0.354 e. The number of ketones is 1. The summed E-state index contributed by atoms with van der Waals surface area (Å²) in [5.41, 5.74) is 1.80. The van der Waals surface area contributed by atoms with Gasteiger partial charge >= 0.3 is 0 Å². The van der Waals surface area contributed by atoms with Crippen LogP contribution in [0.15, 0.2) is 35.5 Å². The lowest BCUT2D eigenvalue weighted by Crippen LogP contribution is -2.25. The number of imidazole rings is 1. The lowest BCUT2D eigenvalue weighted by molar-refractivity contribution is -0.117. The van der Waals surface area contributed by atoms with Gasteiger partial charge in [-0.05, 0) is 30.9 Å². The molecule has 9 heteroatoms. The number of hydrogen-bond donors (Lipinski definition) is 0. The number of benzene rings is 1. The highest BCUT2D eigenvalue weighted by Gasteiger charge is 2.29. The van der Waals surface area contributed by atoms with Gasteiger partial charge in [-0.1, -0.05) is 39.0 Å². The average molecular weight is 470 g/mol. The molecule has 0 spiro atoms. The number of rotatable bonds is 6. The quantitative estimate of drug-likeness (QED) is 0.546. The molecule has 1 aliphatic heterocycles. The molecule has 1 fully saturated rings. The molecular weight excluding hydrogens is 438 g/mol. The summed E-state index contributed by atoms with van der Waals surface area (Å²) in [6, 6.07) is 7.02. The molecule has 3 heterocycles. The van der Waals surface area contributed by atoms with Gasteiger partial charge in [0.25, 0.3) is 0 Å².